The minimum atomic E-state index is -0.776. The van der Waals surface area contributed by atoms with Crippen molar-refractivity contribution in [3.8, 4) is 11.5 Å². The van der Waals surface area contributed by atoms with Gasteiger partial charge in [-0.15, -0.1) is 0 Å². The quantitative estimate of drug-likeness (QED) is 0.289. The van der Waals surface area contributed by atoms with E-state index in [1.807, 2.05) is 6.07 Å². The molecule has 0 spiro atoms. The lowest BCUT2D eigenvalue weighted by atomic mass is 10.1. The molecule has 40 heavy (non-hydrogen) atoms. The van der Waals surface area contributed by atoms with E-state index in [1.165, 1.54) is 30.5 Å². The van der Waals surface area contributed by atoms with Gasteiger partial charge in [-0.3, -0.25) is 15.4 Å². The predicted molar refractivity (Wildman–Crippen MR) is 152 cm³/mol. The summed E-state index contributed by atoms with van der Waals surface area (Å²) in [6, 6.07) is 14.8. The van der Waals surface area contributed by atoms with E-state index in [0.717, 1.165) is 37.7 Å². The van der Waals surface area contributed by atoms with Crippen LogP contribution in [0.25, 0.3) is 0 Å². The van der Waals surface area contributed by atoms with Crippen LogP contribution in [-0.4, -0.2) is 66.0 Å². The third-order valence-electron chi connectivity index (χ3n) is 6.05. The van der Waals surface area contributed by atoms with E-state index in [2.05, 4.69) is 39.7 Å². The number of carbonyl (C=O) groups is 3. The first-order valence-corrected chi connectivity index (χ1v) is 13.1. The summed E-state index contributed by atoms with van der Waals surface area (Å²) in [5.74, 6) is -0.797. The largest absolute Gasteiger partial charge is 0.454 e. The van der Waals surface area contributed by atoms with Gasteiger partial charge >= 0.3 is 12.1 Å². The highest BCUT2D eigenvalue weighted by atomic mass is 19.1. The topological polar surface area (TPSA) is 116 Å². The molecule has 212 valence electrons. The van der Waals surface area contributed by atoms with Gasteiger partial charge in [0.05, 0.1) is 6.42 Å². The van der Waals surface area contributed by atoms with Crippen molar-refractivity contribution in [2.45, 2.75) is 26.7 Å². The molecule has 0 aliphatic rings. The number of nitrogens with one attached hydrogen (secondary N) is 3. The van der Waals surface area contributed by atoms with Crippen LogP contribution in [0.5, 0.6) is 11.5 Å². The molecule has 0 bridgehead atoms. The smallest absolute Gasteiger partial charge is 0.325 e. The second-order valence-electron chi connectivity index (χ2n) is 9.02. The molecular formula is C29H35FN6O4. The Labute approximate surface area is 233 Å². The number of hydrogen-bond donors (Lipinski definition) is 3. The Morgan fingerprint density at radius 1 is 0.950 bits per heavy atom. The van der Waals surface area contributed by atoms with Crippen LogP contribution in [0, 0.1) is 5.82 Å². The maximum atomic E-state index is 14.7. The van der Waals surface area contributed by atoms with E-state index in [-0.39, 0.29) is 35.5 Å². The average Bonchev–Trinajstić information content (AvgIpc) is 2.93. The van der Waals surface area contributed by atoms with Gasteiger partial charge in [0, 0.05) is 37.6 Å². The summed E-state index contributed by atoms with van der Waals surface area (Å²) >= 11 is 0. The molecule has 5 amide bonds. The summed E-state index contributed by atoms with van der Waals surface area (Å²) in [5, 5.41) is 7.36. The van der Waals surface area contributed by atoms with Crippen molar-refractivity contribution in [3.05, 3.63) is 78.2 Å². The molecule has 3 aromatic rings. The van der Waals surface area contributed by atoms with Crippen LogP contribution < -0.4 is 20.7 Å². The summed E-state index contributed by atoms with van der Waals surface area (Å²) in [5.41, 5.74) is 0.902. The van der Waals surface area contributed by atoms with Crippen LogP contribution >= 0.6 is 0 Å². The zero-order chi connectivity index (χ0) is 28.9. The van der Waals surface area contributed by atoms with Crippen LogP contribution in [0.3, 0.4) is 0 Å². The Hall–Kier alpha value is -4.51. The number of anilines is 2. The van der Waals surface area contributed by atoms with Crippen molar-refractivity contribution >= 4 is 29.5 Å². The van der Waals surface area contributed by atoms with E-state index < -0.39 is 17.8 Å². The maximum Gasteiger partial charge on any atom is 0.325 e. The Kier molecular flexibility index (Phi) is 11.4. The van der Waals surface area contributed by atoms with Crippen molar-refractivity contribution in [1.29, 1.82) is 0 Å². The molecule has 0 radical (unpaired) electrons. The fourth-order valence-corrected chi connectivity index (χ4v) is 3.82. The van der Waals surface area contributed by atoms with Gasteiger partial charge in [0.25, 0.3) is 0 Å². The summed E-state index contributed by atoms with van der Waals surface area (Å²) in [6.45, 7) is 7.64. The van der Waals surface area contributed by atoms with Crippen LogP contribution in [-0.2, 0) is 11.2 Å². The van der Waals surface area contributed by atoms with Crippen LogP contribution in [0.15, 0.2) is 66.9 Å². The molecule has 0 saturated heterocycles. The summed E-state index contributed by atoms with van der Waals surface area (Å²) in [7, 11) is 1.71. The molecule has 3 rings (SSSR count). The molecule has 10 nitrogen and oxygen atoms in total. The van der Waals surface area contributed by atoms with E-state index in [0.29, 0.717) is 6.54 Å². The number of halogens is 1. The average molecular weight is 551 g/mol. The molecule has 1 heterocycles. The molecule has 0 saturated carbocycles. The fraction of sp³-hybridized carbons (Fsp3) is 0.310. The summed E-state index contributed by atoms with van der Waals surface area (Å²) < 4.78 is 20.4. The standard InChI is InChI=1S/C29H35FN6O4/c1-4-36(5-2)17-9-16-35(3)29(39)33-26-20-23(14-15-31-26)40-25-13-12-22(19-24(25)30)32-28(38)34-27(37)18-21-10-7-6-8-11-21/h6-8,10-15,19-20H,4-5,9,16-18H2,1-3H3,(H,31,33,39)(H2,32,34,37,38). The highest BCUT2D eigenvalue weighted by Crippen LogP contribution is 2.27. The first kappa shape index (κ1) is 30.0. The van der Waals surface area contributed by atoms with E-state index >= 15 is 0 Å². The first-order chi connectivity index (χ1) is 19.3. The van der Waals surface area contributed by atoms with Gasteiger partial charge < -0.3 is 19.9 Å². The minimum Gasteiger partial charge on any atom is -0.454 e. The number of benzene rings is 2. The Morgan fingerprint density at radius 3 is 2.40 bits per heavy atom. The highest BCUT2D eigenvalue weighted by molar-refractivity contribution is 6.01. The molecule has 0 atom stereocenters. The van der Waals surface area contributed by atoms with E-state index in [4.69, 9.17) is 4.74 Å². The number of rotatable bonds is 12. The molecular weight excluding hydrogens is 515 g/mol. The van der Waals surface area contributed by atoms with Crippen LogP contribution in [0.1, 0.15) is 25.8 Å². The molecule has 3 N–H and O–H groups in total. The van der Waals surface area contributed by atoms with Crippen LogP contribution in [0.2, 0.25) is 0 Å². The normalized spacial score (nSPS) is 10.6. The van der Waals surface area contributed by atoms with Crippen LogP contribution in [0.4, 0.5) is 25.5 Å². The van der Waals surface area contributed by atoms with Gasteiger partial charge in [-0.05, 0) is 49.8 Å². The number of hydrogen-bond acceptors (Lipinski definition) is 6. The molecule has 11 heteroatoms. The summed E-state index contributed by atoms with van der Waals surface area (Å²) in [4.78, 5) is 44.7. The van der Waals surface area contributed by atoms with Gasteiger partial charge in [-0.25, -0.2) is 19.0 Å². The number of pyridine rings is 1. The Bertz CT molecular complexity index is 1290. The number of nitrogens with zero attached hydrogens (tertiary/aromatic N) is 3. The number of imide groups is 1. The Balaban J connectivity index is 1.51. The van der Waals surface area contributed by atoms with Gasteiger partial charge in [-0.1, -0.05) is 44.2 Å². The molecule has 0 aliphatic carbocycles. The van der Waals surface area contributed by atoms with Crippen molar-refractivity contribution in [2.75, 3.05) is 43.9 Å². The number of carbonyl (C=O) groups excluding carboxylic acids is 3. The molecule has 0 fully saturated rings. The van der Waals surface area contributed by atoms with Crippen molar-refractivity contribution in [2.24, 2.45) is 0 Å². The van der Waals surface area contributed by atoms with Gasteiger partial charge in [0.15, 0.2) is 11.6 Å². The zero-order valence-electron chi connectivity index (χ0n) is 22.9. The fourth-order valence-electron chi connectivity index (χ4n) is 3.82. The highest BCUT2D eigenvalue weighted by Gasteiger charge is 2.13. The molecule has 0 unspecified atom stereocenters. The van der Waals surface area contributed by atoms with Gasteiger partial charge in [0.1, 0.15) is 11.6 Å². The zero-order valence-corrected chi connectivity index (χ0v) is 22.9. The second-order valence-corrected chi connectivity index (χ2v) is 9.02. The number of urea groups is 2. The SMILES string of the molecule is CCN(CC)CCCN(C)C(=O)Nc1cc(Oc2ccc(NC(=O)NC(=O)Cc3ccccc3)cc2F)ccn1. The van der Waals surface area contributed by atoms with E-state index in [1.54, 1.807) is 36.2 Å². The van der Waals surface area contributed by atoms with Crippen molar-refractivity contribution in [3.63, 3.8) is 0 Å². The van der Waals surface area contributed by atoms with E-state index in [9.17, 15) is 18.8 Å². The maximum absolute atomic E-state index is 14.7. The van der Waals surface area contributed by atoms with Crippen molar-refractivity contribution < 1.29 is 23.5 Å². The predicted octanol–water partition coefficient (Wildman–Crippen LogP) is 5.10. The molecule has 1 aromatic heterocycles. The lowest BCUT2D eigenvalue weighted by molar-refractivity contribution is -0.119. The number of amides is 5. The Morgan fingerprint density at radius 2 is 1.70 bits per heavy atom. The third-order valence-corrected chi connectivity index (χ3v) is 6.05. The monoisotopic (exact) mass is 550 g/mol. The molecule has 2 aromatic carbocycles. The van der Waals surface area contributed by atoms with Gasteiger partial charge in [-0.2, -0.15) is 0 Å². The lowest BCUT2D eigenvalue weighted by Crippen LogP contribution is -2.35. The second kappa shape index (κ2) is 15.2. The van der Waals surface area contributed by atoms with Crippen molar-refractivity contribution in [1.82, 2.24) is 20.1 Å². The minimum absolute atomic E-state index is 0.0384. The number of ether oxygens (including phenoxy) is 1. The third kappa shape index (κ3) is 9.66. The van der Waals surface area contributed by atoms with Gasteiger partial charge in [0.2, 0.25) is 5.91 Å². The lowest BCUT2D eigenvalue weighted by Gasteiger charge is -2.21. The molecule has 0 aliphatic heterocycles. The first-order valence-electron chi connectivity index (χ1n) is 13.1. The number of aromatic nitrogens is 1. The summed E-state index contributed by atoms with van der Waals surface area (Å²) in [6.07, 6.45) is 2.32.